The van der Waals surface area contributed by atoms with Gasteiger partial charge < -0.3 is 16.4 Å². The number of nitrogens with two attached hydrogens (primary N) is 1. The Labute approximate surface area is 246 Å². The third-order valence-electron chi connectivity index (χ3n) is 8.66. The van der Waals surface area contributed by atoms with Crippen LogP contribution in [0.15, 0.2) is 91.0 Å². The van der Waals surface area contributed by atoms with Crippen LogP contribution in [0.1, 0.15) is 64.4 Å². The maximum absolute atomic E-state index is 14.3. The van der Waals surface area contributed by atoms with E-state index in [1.54, 1.807) is 23.1 Å². The van der Waals surface area contributed by atoms with Crippen LogP contribution in [0.25, 0.3) is 10.8 Å². The Morgan fingerprint density at radius 2 is 1.60 bits per heavy atom. The lowest BCUT2D eigenvalue weighted by Gasteiger charge is -2.31. The molecule has 3 amide bonds. The standard InChI is InChI=1S/C35H36N4O3/c36-21-23-7-6-8-24(17-23)22-37-34(41)28-15-16-31-30(19-28)38-33(40)20-32(26-10-2-1-3-11-26)39(31)35(42)29-14-13-25-9-4-5-12-27(25)18-29/h1-5,9-16,18-19,23-24,32H,6-8,17,20-22,36H2,(H,37,41)(H,38,40). The minimum atomic E-state index is -0.520. The lowest BCUT2D eigenvalue weighted by molar-refractivity contribution is -0.116. The summed E-state index contributed by atoms with van der Waals surface area (Å²) in [5.74, 6) is 0.312. The molecule has 214 valence electrons. The highest BCUT2D eigenvalue weighted by Gasteiger charge is 2.34. The second-order valence-corrected chi connectivity index (χ2v) is 11.5. The van der Waals surface area contributed by atoms with Crippen molar-refractivity contribution in [3.63, 3.8) is 0 Å². The fourth-order valence-corrected chi connectivity index (χ4v) is 6.42. The van der Waals surface area contributed by atoms with Crippen LogP contribution in [-0.4, -0.2) is 30.8 Å². The number of hydrogen-bond acceptors (Lipinski definition) is 4. The van der Waals surface area contributed by atoms with Crippen LogP contribution in [-0.2, 0) is 4.79 Å². The van der Waals surface area contributed by atoms with E-state index in [1.807, 2.05) is 72.8 Å². The van der Waals surface area contributed by atoms with E-state index in [4.69, 9.17) is 5.73 Å². The number of nitrogens with one attached hydrogen (secondary N) is 2. The molecule has 0 aromatic heterocycles. The van der Waals surface area contributed by atoms with E-state index >= 15 is 0 Å². The Morgan fingerprint density at radius 3 is 2.40 bits per heavy atom. The first kappa shape index (κ1) is 27.7. The van der Waals surface area contributed by atoms with Crippen molar-refractivity contribution in [3.8, 4) is 0 Å². The quantitative estimate of drug-likeness (QED) is 0.266. The zero-order valence-electron chi connectivity index (χ0n) is 23.6. The van der Waals surface area contributed by atoms with Gasteiger partial charge in [-0.1, -0.05) is 67.1 Å². The van der Waals surface area contributed by atoms with E-state index < -0.39 is 6.04 Å². The fourth-order valence-electron chi connectivity index (χ4n) is 6.42. The van der Waals surface area contributed by atoms with Gasteiger partial charge in [0.2, 0.25) is 5.91 Å². The molecule has 7 heteroatoms. The summed E-state index contributed by atoms with van der Waals surface area (Å²) < 4.78 is 0. The molecule has 0 saturated heterocycles. The van der Waals surface area contributed by atoms with Gasteiger partial charge in [0.05, 0.1) is 23.8 Å². The highest BCUT2D eigenvalue weighted by Crippen LogP contribution is 2.40. The largest absolute Gasteiger partial charge is 0.352 e. The molecule has 42 heavy (non-hydrogen) atoms. The van der Waals surface area contributed by atoms with Crippen LogP contribution in [0, 0.1) is 11.8 Å². The first-order valence-electron chi connectivity index (χ1n) is 14.8. The first-order chi connectivity index (χ1) is 20.5. The molecule has 2 aliphatic rings. The zero-order valence-corrected chi connectivity index (χ0v) is 23.6. The number of nitrogens with zero attached hydrogens (tertiary/aromatic N) is 1. The molecular weight excluding hydrogens is 524 g/mol. The van der Waals surface area contributed by atoms with E-state index in [0.29, 0.717) is 47.4 Å². The summed E-state index contributed by atoms with van der Waals surface area (Å²) in [4.78, 5) is 42.4. The first-order valence-corrected chi connectivity index (χ1v) is 14.8. The molecule has 4 N–H and O–H groups in total. The Kier molecular flexibility index (Phi) is 8.02. The van der Waals surface area contributed by atoms with Crippen molar-refractivity contribution in [3.05, 3.63) is 108 Å². The highest BCUT2D eigenvalue weighted by atomic mass is 16.2. The number of carbonyl (C=O) groups excluding carboxylic acids is 3. The maximum Gasteiger partial charge on any atom is 0.258 e. The molecule has 0 spiro atoms. The van der Waals surface area contributed by atoms with E-state index in [2.05, 4.69) is 10.6 Å². The van der Waals surface area contributed by atoms with Gasteiger partial charge in [0, 0.05) is 17.7 Å². The Hall–Kier alpha value is -4.49. The van der Waals surface area contributed by atoms with E-state index in [1.165, 1.54) is 0 Å². The van der Waals surface area contributed by atoms with Crippen LogP contribution in [0.2, 0.25) is 0 Å². The Bertz CT molecular complexity index is 1620. The van der Waals surface area contributed by atoms with Crippen molar-refractivity contribution < 1.29 is 14.4 Å². The van der Waals surface area contributed by atoms with Crippen molar-refractivity contribution in [1.29, 1.82) is 0 Å². The summed E-state index contributed by atoms with van der Waals surface area (Å²) in [6, 6.07) is 27.8. The summed E-state index contributed by atoms with van der Waals surface area (Å²) in [6.07, 6.45) is 4.50. The average molecular weight is 561 g/mol. The van der Waals surface area contributed by atoms with Gasteiger partial charge in [-0.2, -0.15) is 0 Å². The molecule has 3 unspecified atom stereocenters. The van der Waals surface area contributed by atoms with E-state index in [9.17, 15) is 14.4 Å². The molecule has 4 aromatic carbocycles. The average Bonchev–Trinajstić information content (AvgIpc) is 3.18. The summed E-state index contributed by atoms with van der Waals surface area (Å²) in [7, 11) is 0. The fraction of sp³-hybridized carbons (Fsp3) is 0.286. The lowest BCUT2D eigenvalue weighted by Crippen LogP contribution is -2.35. The van der Waals surface area contributed by atoms with Crippen LogP contribution >= 0.6 is 0 Å². The molecular formula is C35H36N4O3. The van der Waals surface area contributed by atoms with Gasteiger partial charge >= 0.3 is 0 Å². The van der Waals surface area contributed by atoms with E-state index in [-0.39, 0.29) is 24.1 Å². The number of rotatable bonds is 6. The summed E-state index contributed by atoms with van der Waals surface area (Å²) >= 11 is 0. The van der Waals surface area contributed by atoms with Crippen LogP contribution < -0.4 is 21.3 Å². The van der Waals surface area contributed by atoms with Crippen LogP contribution in [0.3, 0.4) is 0 Å². The topological polar surface area (TPSA) is 105 Å². The second-order valence-electron chi connectivity index (χ2n) is 11.5. The maximum atomic E-state index is 14.3. The van der Waals surface area contributed by atoms with Crippen molar-refractivity contribution in [2.45, 2.75) is 38.1 Å². The van der Waals surface area contributed by atoms with Gasteiger partial charge in [-0.05, 0) is 84.3 Å². The van der Waals surface area contributed by atoms with Gasteiger partial charge in [0.25, 0.3) is 11.8 Å². The van der Waals surface area contributed by atoms with Gasteiger partial charge in [0.15, 0.2) is 0 Å². The molecule has 0 bridgehead atoms. The molecule has 7 nitrogen and oxygen atoms in total. The number of fused-ring (bicyclic) bond motifs is 2. The van der Waals surface area contributed by atoms with Gasteiger partial charge in [-0.3, -0.25) is 19.3 Å². The smallest absolute Gasteiger partial charge is 0.258 e. The predicted molar refractivity (Wildman–Crippen MR) is 166 cm³/mol. The van der Waals surface area contributed by atoms with Gasteiger partial charge in [0.1, 0.15) is 0 Å². The third kappa shape index (κ3) is 5.78. The molecule has 1 saturated carbocycles. The molecule has 3 atom stereocenters. The molecule has 0 radical (unpaired) electrons. The number of hydrogen-bond donors (Lipinski definition) is 3. The minimum Gasteiger partial charge on any atom is -0.352 e. The summed E-state index contributed by atoms with van der Waals surface area (Å²) in [5, 5.41) is 8.07. The molecule has 1 aliphatic carbocycles. The number of anilines is 2. The number of carbonyl (C=O) groups is 3. The molecule has 1 heterocycles. The number of benzene rings is 4. The molecule has 6 rings (SSSR count). The normalized spacial score (nSPS) is 20.4. The molecule has 1 fully saturated rings. The molecule has 4 aromatic rings. The van der Waals surface area contributed by atoms with E-state index in [0.717, 1.165) is 42.0 Å². The third-order valence-corrected chi connectivity index (χ3v) is 8.66. The van der Waals surface area contributed by atoms with Crippen molar-refractivity contribution in [2.75, 3.05) is 23.3 Å². The lowest BCUT2D eigenvalue weighted by atomic mass is 9.81. The summed E-state index contributed by atoms with van der Waals surface area (Å²) in [5.41, 5.74) is 8.73. The zero-order chi connectivity index (χ0) is 29.1. The van der Waals surface area contributed by atoms with Crippen LogP contribution in [0.5, 0.6) is 0 Å². The van der Waals surface area contributed by atoms with Gasteiger partial charge in [-0.25, -0.2) is 0 Å². The number of amides is 3. The Balaban J connectivity index is 1.33. The Morgan fingerprint density at radius 1 is 0.857 bits per heavy atom. The monoisotopic (exact) mass is 560 g/mol. The SMILES string of the molecule is NCC1CCCC(CNC(=O)c2ccc3c(c2)NC(=O)CC(c2ccccc2)N3C(=O)c2ccc3ccccc3c2)C1. The van der Waals surface area contributed by atoms with Crippen molar-refractivity contribution in [1.82, 2.24) is 5.32 Å². The summed E-state index contributed by atoms with van der Waals surface area (Å²) in [6.45, 7) is 1.29. The van der Waals surface area contributed by atoms with Crippen LogP contribution in [0.4, 0.5) is 11.4 Å². The molecule has 1 aliphatic heterocycles. The van der Waals surface area contributed by atoms with Crippen molar-refractivity contribution in [2.24, 2.45) is 17.6 Å². The predicted octanol–water partition coefficient (Wildman–Crippen LogP) is 6.07. The van der Waals surface area contributed by atoms with Gasteiger partial charge in [-0.15, -0.1) is 0 Å². The second kappa shape index (κ2) is 12.2. The van der Waals surface area contributed by atoms with Crippen molar-refractivity contribution >= 4 is 39.9 Å². The minimum absolute atomic E-state index is 0.0868. The highest BCUT2D eigenvalue weighted by molar-refractivity contribution is 6.13.